The van der Waals surface area contributed by atoms with Crippen LogP contribution in [0.5, 0.6) is 0 Å². The van der Waals surface area contributed by atoms with Crippen LogP contribution >= 0.6 is 0 Å². The highest BCUT2D eigenvalue weighted by molar-refractivity contribution is 5.85. The van der Waals surface area contributed by atoms with Crippen LogP contribution < -0.4 is 11.2 Å². The molecule has 0 aliphatic heterocycles. The Hall–Kier alpha value is -1.06. The second kappa shape index (κ2) is 7.35. The predicted octanol–water partition coefficient (Wildman–Crippen LogP) is 2.25. The van der Waals surface area contributed by atoms with E-state index in [1.807, 2.05) is 6.92 Å². The highest BCUT2D eigenvalue weighted by Gasteiger charge is 2.09. The minimum Gasteiger partial charge on any atom is -0.350 e. The van der Waals surface area contributed by atoms with Crippen molar-refractivity contribution in [2.24, 2.45) is 16.8 Å². The number of nitrogens with zero attached hydrogens (tertiary/aromatic N) is 1. The summed E-state index contributed by atoms with van der Waals surface area (Å²) in [4.78, 5) is 10.4. The lowest BCUT2D eigenvalue weighted by Crippen LogP contribution is -2.26. The first-order chi connectivity index (χ1) is 6.61. The number of rotatable bonds is 6. The number of hydrogen-bond acceptors (Lipinski definition) is 2. The summed E-state index contributed by atoms with van der Waals surface area (Å²) in [6.45, 7) is 6.23. The first kappa shape index (κ1) is 12.9. The maximum absolute atomic E-state index is 10.4. The minimum atomic E-state index is -0.602. The topological polar surface area (TPSA) is 67.5 Å². The van der Waals surface area contributed by atoms with Gasteiger partial charge in [-0.2, -0.15) is 5.10 Å². The van der Waals surface area contributed by atoms with E-state index in [2.05, 4.69) is 24.4 Å². The summed E-state index contributed by atoms with van der Waals surface area (Å²) in [5, 5.41) is 3.94. The highest BCUT2D eigenvalue weighted by Crippen LogP contribution is 2.14. The molecule has 3 N–H and O–H groups in total. The second-order valence-corrected chi connectivity index (χ2v) is 3.48. The Balaban J connectivity index is 4.07. The zero-order chi connectivity index (χ0) is 11.0. The average molecular weight is 199 g/mol. The zero-order valence-corrected chi connectivity index (χ0v) is 9.34. The molecule has 0 unspecified atom stereocenters. The van der Waals surface area contributed by atoms with Crippen molar-refractivity contribution in [2.75, 3.05) is 0 Å². The van der Waals surface area contributed by atoms with E-state index in [0.29, 0.717) is 5.92 Å². The van der Waals surface area contributed by atoms with Gasteiger partial charge in [0.15, 0.2) is 0 Å². The van der Waals surface area contributed by atoms with Gasteiger partial charge in [-0.15, -0.1) is 0 Å². The van der Waals surface area contributed by atoms with Crippen molar-refractivity contribution in [3.8, 4) is 0 Å². The van der Waals surface area contributed by atoms with Crippen molar-refractivity contribution >= 4 is 11.7 Å². The fraction of sp³-hybridized carbons (Fsp3) is 0.800. The van der Waals surface area contributed by atoms with Crippen LogP contribution in [-0.4, -0.2) is 11.7 Å². The highest BCUT2D eigenvalue weighted by atomic mass is 16.2. The van der Waals surface area contributed by atoms with Gasteiger partial charge < -0.3 is 5.73 Å². The van der Waals surface area contributed by atoms with Gasteiger partial charge in [-0.25, -0.2) is 10.2 Å². The SMILES string of the molecule is CCCC[C@@H](CC)/C(C)=N\NC(N)=O. The van der Waals surface area contributed by atoms with Crippen LogP contribution in [0.4, 0.5) is 4.79 Å². The van der Waals surface area contributed by atoms with Crippen LogP contribution in [0.2, 0.25) is 0 Å². The van der Waals surface area contributed by atoms with Gasteiger partial charge in [-0.1, -0.05) is 26.7 Å². The predicted molar refractivity (Wildman–Crippen MR) is 59.1 cm³/mol. The van der Waals surface area contributed by atoms with Gasteiger partial charge in [0.05, 0.1) is 0 Å². The largest absolute Gasteiger partial charge is 0.350 e. The first-order valence-electron chi connectivity index (χ1n) is 5.21. The van der Waals surface area contributed by atoms with Gasteiger partial charge >= 0.3 is 6.03 Å². The number of urea groups is 1. The Morgan fingerprint density at radius 3 is 2.57 bits per heavy atom. The molecule has 4 nitrogen and oxygen atoms in total. The molecule has 0 saturated carbocycles. The summed E-state index contributed by atoms with van der Waals surface area (Å²) in [6, 6.07) is -0.602. The maximum atomic E-state index is 10.4. The van der Waals surface area contributed by atoms with Crippen LogP contribution in [0.25, 0.3) is 0 Å². The molecular weight excluding hydrogens is 178 g/mol. The molecule has 0 aromatic carbocycles. The van der Waals surface area contributed by atoms with E-state index in [0.717, 1.165) is 18.6 Å². The summed E-state index contributed by atoms with van der Waals surface area (Å²) in [7, 11) is 0. The maximum Gasteiger partial charge on any atom is 0.332 e. The van der Waals surface area contributed by atoms with E-state index < -0.39 is 6.03 Å². The van der Waals surface area contributed by atoms with Crippen molar-refractivity contribution in [3.63, 3.8) is 0 Å². The van der Waals surface area contributed by atoms with Gasteiger partial charge in [0.1, 0.15) is 0 Å². The Kier molecular flexibility index (Phi) is 6.80. The fourth-order valence-corrected chi connectivity index (χ4v) is 1.39. The molecule has 0 spiro atoms. The number of carbonyl (C=O) groups is 1. The summed E-state index contributed by atoms with van der Waals surface area (Å²) >= 11 is 0. The molecule has 82 valence electrons. The molecule has 0 fully saturated rings. The number of amides is 2. The van der Waals surface area contributed by atoms with Crippen LogP contribution in [0, 0.1) is 5.92 Å². The summed E-state index contributed by atoms with van der Waals surface area (Å²) in [6.07, 6.45) is 4.56. The third kappa shape index (κ3) is 5.56. The smallest absolute Gasteiger partial charge is 0.332 e. The van der Waals surface area contributed by atoms with Crippen LogP contribution in [-0.2, 0) is 0 Å². The van der Waals surface area contributed by atoms with E-state index in [9.17, 15) is 4.79 Å². The van der Waals surface area contributed by atoms with E-state index in [1.165, 1.54) is 12.8 Å². The third-order valence-electron chi connectivity index (χ3n) is 2.33. The lowest BCUT2D eigenvalue weighted by atomic mass is 9.95. The number of hydrazone groups is 1. The number of nitrogens with one attached hydrogen (secondary N) is 1. The normalized spacial score (nSPS) is 13.8. The van der Waals surface area contributed by atoms with E-state index in [-0.39, 0.29) is 0 Å². The monoisotopic (exact) mass is 199 g/mol. The molecule has 1 atom stereocenters. The number of primary amides is 1. The molecule has 14 heavy (non-hydrogen) atoms. The number of nitrogens with two attached hydrogens (primary N) is 1. The van der Waals surface area contributed by atoms with Gasteiger partial charge in [-0.3, -0.25) is 0 Å². The number of unbranched alkanes of at least 4 members (excludes halogenated alkanes) is 1. The second-order valence-electron chi connectivity index (χ2n) is 3.48. The molecule has 0 aromatic heterocycles. The van der Waals surface area contributed by atoms with Gasteiger partial charge in [-0.05, 0) is 25.7 Å². The average Bonchev–Trinajstić information content (AvgIpc) is 2.16. The standard InChI is InChI=1S/C10H21N3O/c1-4-6-7-9(5-2)8(3)12-13-10(11)14/h9H,4-7H2,1-3H3,(H3,11,13,14)/b12-8-/t9-/m1/s1. The van der Waals surface area contributed by atoms with Crippen molar-refractivity contribution in [1.82, 2.24) is 5.43 Å². The Bertz CT molecular complexity index is 202. The minimum absolute atomic E-state index is 0.460. The van der Waals surface area contributed by atoms with Crippen LogP contribution in [0.1, 0.15) is 46.5 Å². The number of hydrogen-bond donors (Lipinski definition) is 2. The van der Waals surface area contributed by atoms with E-state index in [1.54, 1.807) is 0 Å². The third-order valence-corrected chi connectivity index (χ3v) is 2.33. The summed E-state index contributed by atoms with van der Waals surface area (Å²) in [5.74, 6) is 0.460. The first-order valence-corrected chi connectivity index (χ1v) is 5.21. The Morgan fingerprint density at radius 1 is 1.50 bits per heavy atom. The molecule has 0 aromatic rings. The van der Waals surface area contributed by atoms with Crippen molar-refractivity contribution in [3.05, 3.63) is 0 Å². The molecule has 0 heterocycles. The molecule has 4 heteroatoms. The van der Waals surface area contributed by atoms with Crippen molar-refractivity contribution in [2.45, 2.75) is 46.5 Å². The van der Waals surface area contributed by atoms with Crippen LogP contribution in [0.3, 0.4) is 0 Å². The molecule has 0 radical (unpaired) electrons. The molecular formula is C10H21N3O. The van der Waals surface area contributed by atoms with Crippen molar-refractivity contribution in [1.29, 1.82) is 0 Å². The summed E-state index contributed by atoms with van der Waals surface area (Å²) < 4.78 is 0. The molecule has 0 bridgehead atoms. The molecule has 2 amide bonds. The summed E-state index contributed by atoms with van der Waals surface area (Å²) in [5.41, 5.74) is 8.15. The van der Waals surface area contributed by atoms with Gasteiger partial charge in [0, 0.05) is 5.71 Å². The van der Waals surface area contributed by atoms with E-state index >= 15 is 0 Å². The van der Waals surface area contributed by atoms with Gasteiger partial charge in [0.25, 0.3) is 0 Å². The quantitative estimate of drug-likeness (QED) is 0.500. The molecule has 0 aliphatic carbocycles. The lowest BCUT2D eigenvalue weighted by molar-refractivity contribution is 0.249. The van der Waals surface area contributed by atoms with E-state index in [4.69, 9.17) is 5.73 Å². The number of carbonyl (C=O) groups excluding carboxylic acids is 1. The van der Waals surface area contributed by atoms with Crippen molar-refractivity contribution < 1.29 is 4.79 Å². The fourth-order valence-electron chi connectivity index (χ4n) is 1.39. The zero-order valence-electron chi connectivity index (χ0n) is 9.34. The van der Waals surface area contributed by atoms with Gasteiger partial charge in [0.2, 0.25) is 0 Å². The lowest BCUT2D eigenvalue weighted by Gasteiger charge is -2.13. The Morgan fingerprint density at radius 2 is 2.14 bits per heavy atom. The molecule has 0 aliphatic rings. The molecule has 0 saturated heterocycles. The van der Waals surface area contributed by atoms with Crippen LogP contribution in [0.15, 0.2) is 5.10 Å². The molecule has 0 rings (SSSR count). The Labute approximate surface area is 85.9 Å².